The highest BCUT2D eigenvalue weighted by molar-refractivity contribution is 5.47. The van der Waals surface area contributed by atoms with E-state index in [0.29, 0.717) is 17.5 Å². The van der Waals surface area contributed by atoms with E-state index in [2.05, 4.69) is 0 Å². The third kappa shape index (κ3) is 2.80. The van der Waals surface area contributed by atoms with E-state index in [0.717, 1.165) is 5.56 Å². The third-order valence-electron chi connectivity index (χ3n) is 3.11. The largest absolute Gasteiger partial charge is 0.272 e. The Hall–Kier alpha value is -2.76. The maximum Gasteiger partial charge on any atom is 0.272 e. The number of non-ortho nitro benzene ring substituents is 1. The fraction of sp³-hybridized carbons (Fsp3) is 0.143. The van der Waals surface area contributed by atoms with Gasteiger partial charge in [-0.15, -0.1) is 0 Å². The van der Waals surface area contributed by atoms with Crippen LogP contribution in [0, 0.1) is 27.2 Å². The molecule has 0 aliphatic heterocycles. The number of benzene rings is 2. The molecule has 0 bridgehead atoms. The van der Waals surface area contributed by atoms with Gasteiger partial charge in [0.05, 0.1) is 9.85 Å². The van der Waals surface area contributed by atoms with E-state index < -0.39 is 9.85 Å². The van der Waals surface area contributed by atoms with Crippen molar-refractivity contribution in [3.8, 4) is 0 Å². The first-order chi connectivity index (χ1) is 9.49. The van der Waals surface area contributed by atoms with E-state index in [1.54, 1.807) is 24.3 Å². The van der Waals surface area contributed by atoms with Crippen LogP contribution in [0.3, 0.4) is 0 Å². The van der Waals surface area contributed by atoms with Crippen molar-refractivity contribution in [3.05, 3.63) is 79.4 Å². The second kappa shape index (κ2) is 5.48. The zero-order valence-corrected chi connectivity index (χ0v) is 10.8. The summed E-state index contributed by atoms with van der Waals surface area (Å²) in [5.74, 6) is 0. The molecule has 0 unspecified atom stereocenters. The summed E-state index contributed by atoms with van der Waals surface area (Å²) >= 11 is 0. The molecule has 6 nitrogen and oxygen atoms in total. The molecule has 0 saturated carbocycles. The molecule has 0 radical (unpaired) electrons. The number of aryl methyl sites for hydroxylation is 1. The molecule has 2 rings (SSSR count). The van der Waals surface area contributed by atoms with E-state index >= 15 is 0 Å². The Morgan fingerprint density at radius 2 is 1.65 bits per heavy atom. The molecule has 6 heteroatoms. The Morgan fingerprint density at radius 1 is 0.950 bits per heavy atom. The molecule has 0 atom stereocenters. The lowest BCUT2D eigenvalue weighted by Gasteiger charge is -2.06. The van der Waals surface area contributed by atoms with Crippen molar-refractivity contribution in [3.63, 3.8) is 0 Å². The molecule has 20 heavy (non-hydrogen) atoms. The van der Waals surface area contributed by atoms with Gasteiger partial charge in [0.1, 0.15) is 0 Å². The number of nitrogens with zero attached hydrogens (tertiary/aromatic N) is 2. The highest BCUT2D eigenvalue weighted by atomic mass is 16.6. The Kier molecular flexibility index (Phi) is 3.74. The monoisotopic (exact) mass is 272 g/mol. The van der Waals surface area contributed by atoms with Crippen molar-refractivity contribution < 1.29 is 9.85 Å². The number of hydrogen-bond donors (Lipinski definition) is 0. The van der Waals surface area contributed by atoms with Crippen molar-refractivity contribution in [1.82, 2.24) is 0 Å². The molecule has 0 N–H and O–H groups in total. The molecule has 2 aromatic carbocycles. The van der Waals surface area contributed by atoms with Crippen LogP contribution in [0.2, 0.25) is 0 Å². The number of rotatable bonds is 4. The normalized spacial score (nSPS) is 10.2. The maximum absolute atomic E-state index is 11.0. The minimum atomic E-state index is -0.470. The molecule has 0 fully saturated rings. The SMILES string of the molecule is Cc1ccc([N+](=O)[O-])cc1Cc1ccccc1[N+](=O)[O-]. The van der Waals surface area contributed by atoms with Crippen LogP contribution in [0.25, 0.3) is 0 Å². The molecule has 102 valence electrons. The van der Waals surface area contributed by atoms with Crippen LogP contribution >= 0.6 is 0 Å². The second-order valence-electron chi connectivity index (χ2n) is 4.43. The first kappa shape index (κ1) is 13.7. The molecule has 2 aromatic rings. The fourth-order valence-electron chi connectivity index (χ4n) is 2.01. The Balaban J connectivity index is 2.42. The Labute approximate surface area is 115 Å². The number of para-hydroxylation sites is 1. The summed E-state index contributed by atoms with van der Waals surface area (Å²) in [6.07, 6.45) is 0.296. The highest BCUT2D eigenvalue weighted by Crippen LogP contribution is 2.25. The Bertz CT molecular complexity index is 683. The van der Waals surface area contributed by atoms with E-state index in [4.69, 9.17) is 0 Å². The zero-order chi connectivity index (χ0) is 14.7. The predicted molar refractivity (Wildman–Crippen MR) is 73.7 cm³/mol. The van der Waals surface area contributed by atoms with Crippen LogP contribution in [0.15, 0.2) is 42.5 Å². The molecule has 0 aromatic heterocycles. The van der Waals surface area contributed by atoms with Gasteiger partial charge in [0.25, 0.3) is 11.4 Å². The van der Waals surface area contributed by atoms with Crippen LogP contribution in [-0.4, -0.2) is 9.85 Å². The van der Waals surface area contributed by atoms with Gasteiger partial charge in [0.2, 0.25) is 0 Å². The van der Waals surface area contributed by atoms with E-state index in [1.165, 1.54) is 18.2 Å². The molecule has 0 amide bonds. The van der Waals surface area contributed by atoms with Crippen molar-refractivity contribution in [2.45, 2.75) is 13.3 Å². The quantitative estimate of drug-likeness (QED) is 0.630. The van der Waals surface area contributed by atoms with Gasteiger partial charge in [0, 0.05) is 30.2 Å². The summed E-state index contributed by atoms with van der Waals surface area (Å²) in [4.78, 5) is 20.8. The van der Waals surface area contributed by atoms with Crippen molar-refractivity contribution >= 4 is 11.4 Å². The minimum absolute atomic E-state index is 0.0100. The molecule has 0 spiro atoms. The van der Waals surface area contributed by atoms with Crippen LogP contribution < -0.4 is 0 Å². The van der Waals surface area contributed by atoms with Crippen LogP contribution in [0.1, 0.15) is 16.7 Å². The summed E-state index contributed by atoms with van der Waals surface area (Å²) in [5.41, 5.74) is 2.14. The first-order valence-corrected chi connectivity index (χ1v) is 5.95. The van der Waals surface area contributed by atoms with E-state index in [9.17, 15) is 20.2 Å². The average molecular weight is 272 g/mol. The molecule has 0 heterocycles. The van der Waals surface area contributed by atoms with Gasteiger partial charge < -0.3 is 0 Å². The highest BCUT2D eigenvalue weighted by Gasteiger charge is 2.15. The standard InChI is InChI=1S/C14H12N2O4/c1-10-6-7-13(15(17)18)9-12(10)8-11-4-2-3-5-14(11)16(19)20/h2-7,9H,8H2,1H3. The van der Waals surface area contributed by atoms with Crippen molar-refractivity contribution in [2.75, 3.05) is 0 Å². The van der Waals surface area contributed by atoms with Gasteiger partial charge in [-0.05, 0) is 18.1 Å². The smallest absolute Gasteiger partial charge is 0.258 e. The summed E-state index contributed by atoms with van der Waals surface area (Å²) < 4.78 is 0. The van der Waals surface area contributed by atoms with E-state index in [-0.39, 0.29) is 11.4 Å². The molecular weight excluding hydrogens is 260 g/mol. The summed E-state index contributed by atoms with van der Waals surface area (Å²) in [6.45, 7) is 1.83. The lowest BCUT2D eigenvalue weighted by molar-refractivity contribution is -0.385. The Morgan fingerprint density at radius 3 is 2.30 bits per heavy atom. The summed E-state index contributed by atoms with van der Waals surface area (Å²) in [7, 11) is 0. The fourth-order valence-corrected chi connectivity index (χ4v) is 2.01. The van der Waals surface area contributed by atoms with Crippen LogP contribution in [-0.2, 0) is 6.42 Å². The summed E-state index contributed by atoms with van der Waals surface area (Å²) in [6, 6.07) is 11.0. The van der Waals surface area contributed by atoms with Gasteiger partial charge >= 0.3 is 0 Å². The van der Waals surface area contributed by atoms with Gasteiger partial charge in [-0.3, -0.25) is 20.2 Å². The number of nitro benzene ring substituents is 2. The van der Waals surface area contributed by atoms with Crippen LogP contribution in [0.5, 0.6) is 0 Å². The molecule has 0 aliphatic rings. The molecule has 0 saturated heterocycles. The maximum atomic E-state index is 11.0. The minimum Gasteiger partial charge on any atom is -0.258 e. The molecule has 0 aliphatic carbocycles. The zero-order valence-electron chi connectivity index (χ0n) is 10.8. The van der Waals surface area contributed by atoms with Crippen molar-refractivity contribution in [1.29, 1.82) is 0 Å². The average Bonchev–Trinajstić information content (AvgIpc) is 2.41. The van der Waals surface area contributed by atoms with Gasteiger partial charge in [-0.25, -0.2) is 0 Å². The molecular formula is C14H12N2O4. The topological polar surface area (TPSA) is 86.3 Å². The van der Waals surface area contributed by atoms with E-state index in [1.807, 2.05) is 6.92 Å². The lowest BCUT2D eigenvalue weighted by Crippen LogP contribution is -1.99. The second-order valence-corrected chi connectivity index (χ2v) is 4.43. The van der Waals surface area contributed by atoms with Gasteiger partial charge in [-0.1, -0.05) is 24.3 Å². The van der Waals surface area contributed by atoms with Gasteiger partial charge in [-0.2, -0.15) is 0 Å². The third-order valence-corrected chi connectivity index (χ3v) is 3.11. The first-order valence-electron chi connectivity index (χ1n) is 5.95. The number of nitro groups is 2. The number of hydrogen-bond acceptors (Lipinski definition) is 4. The predicted octanol–water partition coefficient (Wildman–Crippen LogP) is 3.40. The summed E-state index contributed by atoms with van der Waals surface area (Å²) in [5, 5.41) is 21.8. The van der Waals surface area contributed by atoms with Gasteiger partial charge in [0.15, 0.2) is 0 Å². The van der Waals surface area contributed by atoms with Crippen molar-refractivity contribution in [2.24, 2.45) is 0 Å². The lowest BCUT2D eigenvalue weighted by atomic mass is 9.99. The van der Waals surface area contributed by atoms with Crippen LogP contribution in [0.4, 0.5) is 11.4 Å².